The van der Waals surface area contributed by atoms with Gasteiger partial charge in [0.1, 0.15) is 23.8 Å². The number of rotatable bonds is 4. The number of hydrogen-bond donors (Lipinski definition) is 3. The van der Waals surface area contributed by atoms with E-state index in [0.29, 0.717) is 17.9 Å². The van der Waals surface area contributed by atoms with Gasteiger partial charge in [0.2, 0.25) is 3.68 Å². The third-order valence-electron chi connectivity index (χ3n) is 5.06. The summed E-state index contributed by atoms with van der Waals surface area (Å²) in [5.41, 5.74) is 0.507. The van der Waals surface area contributed by atoms with E-state index >= 15 is 0 Å². The highest BCUT2D eigenvalue weighted by Crippen LogP contribution is 2.45. The first-order valence-corrected chi connectivity index (χ1v) is 10.4. The van der Waals surface area contributed by atoms with Gasteiger partial charge in [-0.1, -0.05) is 6.07 Å². The van der Waals surface area contributed by atoms with Crippen LogP contribution < -0.4 is 15.7 Å². The second kappa shape index (κ2) is 8.21. The van der Waals surface area contributed by atoms with Crippen LogP contribution in [0.25, 0.3) is 0 Å². The molecule has 1 aromatic carbocycles. The standard InChI is InChI=1S/C19H19FIN3O6/c20-19(21)15(26)13(9-25)30-17(19)24-6-5-14(23-18(24)28)22-16(27)11-4-3-10-2-1-7-29-12(10)8-11/h3-6,8,13,15,17,25-26H,1-2,7,9H2,(H,22,23,27,28)/t13-,15-,17?,19?/m1/s1. The monoisotopic (exact) mass is 531 g/mol. The second-order valence-electron chi connectivity index (χ2n) is 7.06. The summed E-state index contributed by atoms with van der Waals surface area (Å²) < 4.78 is 24.3. The van der Waals surface area contributed by atoms with Crippen LogP contribution in [0.3, 0.4) is 0 Å². The number of nitrogens with zero attached hydrogens (tertiary/aromatic N) is 2. The van der Waals surface area contributed by atoms with Crippen molar-refractivity contribution in [2.75, 3.05) is 18.5 Å². The zero-order valence-corrected chi connectivity index (χ0v) is 17.8. The molecule has 3 heterocycles. The van der Waals surface area contributed by atoms with E-state index in [1.54, 1.807) is 12.1 Å². The Morgan fingerprint density at radius 1 is 1.43 bits per heavy atom. The van der Waals surface area contributed by atoms with E-state index in [1.807, 2.05) is 6.07 Å². The molecule has 1 aromatic heterocycles. The second-order valence-corrected chi connectivity index (χ2v) is 8.71. The van der Waals surface area contributed by atoms with Crippen LogP contribution in [0.5, 0.6) is 5.75 Å². The van der Waals surface area contributed by atoms with Crippen LogP contribution >= 0.6 is 22.6 Å². The number of nitrogens with one attached hydrogen (secondary N) is 1. The number of halogens is 2. The predicted octanol–water partition coefficient (Wildman–Crippen LogP) is 1.17. The summed E-state index contributed by atoms with van der Waals surface area (Å²) in [7, 11) is 0. The minimum Gasteiger partial charge on any atom is -0.493 e. The molecule has 30 heavy (non-hydrogen) atoms. The maximum absolute atomic E-state index is 14.9. The summed E-state index contributed by atoms with van der Waals surface area (Å²) in [4.78, 5) is 28.7. The number of aryl methyl sites for hydroxylation is 1. The molecule has 4 rings (SSSR count). The SMILES string of the molecule is O=C(Nc1ccn(C2O[C@H](CO)[C@@H](O)C2(F)I)c(=O)n1)c1ccc2c(c1)OCCC2. The van der Waals surface area contributed by atoms with Gasteiger partial charge in [-0.3, -0.25) is 9.36 Å². The number of carbonyl (C=O) groups excluding carboxylic acids is 1. The smallest absolute Gasteiger partial charge is 0.351 e. The predicted molar refractivity (Wildman–Crippen MR) is 112 cm³/mol. The van der Waals surface area contributed by atoms with Crippen molar-refractivity contribution >= 4 is 34.3 Å². The lowest BCUT2D eigenvalue weighted by atomic mass is 10.0. The fourth-order valence-electron chi connectivity index (χ4n) is 3.45. The molecular weight excluding hydrogens is 512 g/mol. The number of aliphatic hydroxyl groups excluding tert-OH is 2. The van der Waals surface area contributed by atoms with E-state index in [0.717, 1.165) is 23.0 Å². The molecule has 2 aliphatic heterocycles. The van der Waals surface area contributed by atoms with Crippen LogP contribution in [-0.2, 0) is 11.2 Å². The van der Waals surface area contributed by atoms with Gasteiger partial charge < -0.3 is 25.0 Å². The topological polar surface area (TPSA) is 123 Å². The number of fused-ring (bicyclic) bond motifs is 1. The first kappa shape index (κ1) is 21.2. The van der Waals surface area contributed by atoms with Crippen LogP contribution in [0.4, 0.5) is 10.2 Å². The van der Waals surface area contributed by atoms with Gasteiger partial charge in [0.15, 0.2) is 6.23 Å². The van der Waals surface area contributed by atoms with Crippen LogP contribution in [0.1, 0.15) is 28.6 Å². The quantitative estimate of drug-likeness (QED) is 0.400. The summed E-state index contributed by atoms with van der Waals surface area (Å²) in [6, 6.07) is 6.46. The van der Waals surface area contributed by atoms with Gasteiger partial charge in [-0.2, -0.15) is 4.98 Å². The highest BCUT2D eigenvalue weighted by Gasteiger charge is 2.56. The Hall–Kier alpha value is -2.09. The summed E-state index contributed by atoms with van der Waals surface area (Å²) in [5.74, 6) is 0.169. The van der Waals surface area contributed by atoms with Crippen LogP contribution in [0.15, 0.2) is 35.3 Å². The highest BCUT2D eigenvalue weighted by atomic mass is 127. The number of benzene rings is 1. The lowest BCUT2D eigenvalue weighted by molar-refractivity contribution is -0.0499. The zero-order chi connectivity index (χ0) is 21.5. The molecule has 2 unspecified atom stereocenters. The number of alkyl halides is 2. The van der Waals surface area contributed by atoms with E-state index in [4.69, 9.17) is 9.47 Å². The molecule has 1 saturated heterocycles. The van der Waals surface area contributed by atoms with Crippen molar-refractivity contribution < 1.29 is 28.9 Å². The number of anilines is 1. The average molecular weight is 531 g/mol. The molecule has 2 aliphatic rings. The molecule has 0 radical (unpaired) electrons. The molecule has 1 fully saturated rings. The normalized spacial score (nSPS) is 27.9. The number of aromatic nitrogens is 2. The van der Waals surface area contributed by atoms with Crippen molar-refractivity contribution in [1.29, 1.82) is 0 Å². The number of carbonyl (C=O) groups is 1. The van der Waals surface area contributed by atoms with Crippen molar-refractivity contribution in [3.8, 4) is 5.75 Å². The first-order chi connectivity index (χ1) is 14.3. The van der Waals surface area contributed by atoms with Crippen molar-refractivity contribution in [2.24, 2.45) is 0 Å². The summed E-state index contributed by atoms with van der Waals surface area (Å²) in [6.45, 7) is -0.00699. The molecule has 11 heteroatoms. The van der Waals surface area contributed by atoms with Crippen LogP contribution in [-0.4, -0.2) is 54.8 Å². The summed E-state index contributed by atoms with van der Waals surface area (Å²) in [6.07, 6.45) is -1.24. The Labute approximate surface area is 184 Å². The Balaban J connectivity index is 1.53. The molecule has 0 saturated carbocycles. The lowest BCUT2D eigenvalue weighted by Crippen LogP contribution is -2.40. The Bertz CT molecular complexity index is 1030. The van der Waals surface area contributed by atoms with Gasteiger partial charge in [0.25, 0.3) is 5.91 Å². The number of aliphatic hydroxyl groups is 2. The molecular formula is C19H19FIN3O6. The Morgan fingerprint density at radius 3 is 2.93 bits per heavy atom. The fraction of sp³-hybridized carbons (Fsp3) is 0.421. The highest BCUT2D eigenvalue weighted by molar-refractivity contribution is 14.1. The van der Waals surface area contributed by atoms with Crippen molar-refractivity contribution in [2.45, 2.75) is 35.0 Å². The van der Waals surface area contributed by atoms with E-state index in [1.165, 1.54) is 34.9 Å². The third-order valence-corrected chi connectivity index (χ3v) is 6.23. The van der Waals surface area contributed by atoms with Crippen molar-refractivity contribution in [3.05, 3.63) is 52.1 Å². The van der Waals surface area contributed by atoms with Crippen LogP contribution in [0.2, 0.25) is 0 Å². The minimum absolute atomic E-state index is 0.0185. The van der Waals surface area contributed by atoms with Gasteiger partial charge in [-0.25, -0.2) is 9.18 Å². The third kappa shape index (κ3) is 3.82. The minimum atomic E-state index is -2.34. The van der Waals surface area contributed by atoms with E-state index in [9.17, 15) is 24.2 Å². The van der Waals surface area contributed by atoms with Gasteiger partial charge in [-0.05, 0) is 59.2 Å². The molecule has 160 valence electrons. The number of amides is 1. The molecule has 9 nitrogen and oxygen atoms in total. The average Bonchev–Trinajstić information content (AvgIpc) is 2.96. The molecule has 1 amide bonds. The maximum atomic E-state index is 14.9. The van der Waals surface area contributed by atoms with Crippen LogP contribution in [0, 0.1) is 0 Å². The lowest BCUT2D eigenvalue weighted by Gasteiger charge is -2.23. The molecule has 0 aliphatic carbocycles. The molecule has 4 atom stereocenters. The number of hydrogen-bond acceptors (Lipinski definition) is 7. The zero-order valence-electron chi connectivity index (χ0n) is 15.6. The van der Waals surface area contributed by atoms with Gasteiger partial charge in [-0.15, -0.1) is 0 Å². The molecule has 0 spiro atoms. The van der Waals surface area contributed by atoms with E-state index in [2.05, 4.69) is 10.3 Å². The Morgan fingerprint density at radius 2 is 2.23 bits per heavy atom. The largest absolute Gasteiger partial charge is 0.493 e. The molecule has 2 aromatic rings. The summed E-state index contributed by atoms with van der Waals surface area (Å²) in [5, 5.41) is 21.7. The van der Waals surface area contributed by atoms with Crippen molar-refractivity contribution in [1.82, 2.24) is 9.55 Å². The van der Waals surface area contributed by atoms with Crippen molar-refractivity contribution in [3.63, 3.8) is 0 Å². The van der Waals surface area contributed by atoms with E-state index < -0.39 is 40.3 Å². The first-order valence-electron chi connectivity index (χ1n) is 9.29. The molecule has 0 bridgehead atoms. The Kier molecular flexibility index (Phi) is 5.79. The molecule has 3 N–H and O–H groups in total. The van der Waals surface area contributed by atoms with Gasteiger partial charge in [0, 0.05) is 11.8 Å². The summed E-state index contributed by atoms with van der Waals surface area (Å²) >= 11 is 1.34. The van der Waals surface area contributed by atoms with Gasteiger partial charge >= 0.3 is 5.69 Å². The number of ether oxygens (including phenoxy) is 2. The fourth-order valence-corrected chi connectivity index (χ4v) is 4.30. The maximum Gasteiger partial charge on any atom is 0.351 e. The van der Waals surface area contributed by atoms with Gasteiger partial charge in [0.05, 0.1) is 13.2 Å². The van der Waals surface area contributed by atoms with E-state index in [-0.39, 0.29) is 5.82 Å².